The average Bonchev–Trinajstić information content (AvgIpc) is 3.76. The fourth-order valence-electron chi connectivity index (χ4n) is 8.87. The summed E-state index contributed by atoms with van der Waals surface area (Å²) in [5.41, 5.74) is 1.65. The van der Waals surface area contributed by atoms with Gasteiger partial charge in [-0.1, -0.05) is 82.1 Å². The number of Topliss-reactive ketones (excluding diaryl/α,β-unsaturated/α-hetero) is 1. The SMILES string of the molecule is C=CCN1CC[C@]23c4c(C)ccc(OC(=O)c5ccc(NCc6cn(CCCCCCCCCCCC)nn6)cc5)c4O[C@H]2C(=O)CCC3(O)C1C. The van der Waals surface area contributed by atoms with Crippen LogP contribution in [0.4, 0.5) is 5.69 Å². The van der Waals surface area contributed by atoms with E-state index in [4.69, 9.17) is 9.47 Å². The van der Waals surface area contributed by atoms with Gasteiger partial charge in [0.1, 0.15) is 5.69 Å². The zero-order valence-corrected chi connectivity index (χ0v) is 31.4. The number of ketones is 1. The lowest BCUT2D eigenvalue weighted by Gasteiger charge is -2.59. The van der Waals surface area contributed by atoms with E-state index in [0.717, 1.165) is 35.5 Å². The number of aryl methyl sites for hydroxylation is 2. The number of fused-ring (bicyclic) bond motifs is 1. The number of ether oxygens (including phenoxy) is 2. The molecule has 10 heteroatoms. The minimum absolute atomic E-state index is 0.0263. The van der Waals surface area contributed by atoms with Gasteiger partial charge in [0.05, 0.1) is 29.3 Å². The maximum atomic E-state index is 13.4. The third-order valence-electron chi connectivity index (χ3n) is 11.8. The van der Waals surface area contributed by atoms with Crippen LogP contribution in [0.5, 0.6) is 11.5 Å². The van der Waals surface area contributed by atoms with Crippen molar-refractivity contribution in [2.45, 2.75) is 140 Å². The number of unbranched alkanes of at least 4 members (excludes halogenated alkanes) is 9. The topological polar surface area (TPSA) is 119 Å². The van der Waals surface area contributed by atoms with Gasteiger partial charge in [-0.15, -0.1) is 11.7 Å². The Morgan fingerprint density at radius 2 is 1.77 bits per heavy atom. The van der Waals surface area contributed by atoms with E-state index < -0.39 is 23.1 Å². The molecule has 1 spiro atoms. The van der Waals surface area contributed by atoms with Crippen molar-refractivity contribution < 1.29 is 24.2 Å². The third kappa shape index (κ3) is 7.55. The number of aromatic nitrogens is 3. The molecule has 3 heterocycles. The Balaban J connectivity index is 1.03. The van der Waals surface area contributed by atoms with E-state index in [9.17, 15) is 14.7 Å². The number of carbonyl (C=O) groups is 2. The Bertz CT molecular complexity index is 1700. The Morgan fingerprint density at radius 3 is 2.48 bits per heavy atom. The van der Waals surface area contributed by atoms with E-state index >= 15 is 0 Å². The number of nitrogens with zero attached hydrogens (tertiary/aromatic N) is 4. The van der Waals surface area contributed by atoms with E-state index in [2.05, 4.69) is 34.0 Å². The van der Waals surface area contributed by atoms with Crippen LogP contribution in [0.15, 0.2) is 55.3 Å². The number of aliphatic hydroxyl groups is 1. The number of hydrogen-bond acceptors (Lipinski definition) is 9. The standard InChI is InChI=1S/C42H57N5O5/c1-5-7-8-9-10-11-12-13-14-15-26-47-29-34(44-45-47)28-43-33-19-17-32(18-20-33)40(49)51-36-21-16-30(3)37-38(36)52-39-35(48)22-23-42(50)31(4)46(25-6-2)27-24-41(37,39)42/h6,16-21,29,31,39,43,50H,2,5,7-15,22-28H2,1,3-4H3/t31?,39-,41-,42?/m0/s1. The molecule has 52 heavy (non-hydrogen) atoms. The summed E-state index contributed by atoms with van der Waals surface area (Å²) < 4.78 is 14.3. The van der Waals surface area contributed by atoms with Crippen LogP contribution < -0.4 is 14.8 Å². The fraction of sp³-hybridized carbons (Fsp3) is 0.571. The van der Waals surface area contributed by atoms with Gasteiger partial charge in [0, 0.05) is 36.8 Å². The second-order valence-electron chi connectivity index (χ2n) is 15.1. The molecule has 3 aliphatic rings. The van der Waals surface area contributed by atoms with Crippen molar-refractivity contribution in [1.29, 1.82) is 0 Å². The van der Waals surface area contributed by atoms with Gasteiger partial charge in [0.15, 0.2) is 23.4 Å². The molecule has 1 saturated carbocycles. The number of piperidine rings is 1. The number of rotatable bonds is 18. The zero-order chi connectivity index (χ0) is 36.7. The minimum atomic E-state index is -1.20. The molecular weight excluding hydrogens is 654 g/mol. The predicted molar refractivity (Wildman–Crippen MR) is 203 cm³/mol. The first kappa shape index (κ1) is 37.7. The smallest absolute Gasteiger partial charge is 0.343 e. The molecule has 0 amide bonds. The Labute approximate surface area is 309 Å². The van der Waals surface area contributed by atoms with E-state index in [1.807, 2.05) is 49.0 Å². The van der Waals surface area contributed by atoms with Crippen LogP contribution >= 0.6 is 0 Å². The summed E-state index contributed by atoms with van der Waals surface area (Å²) in [5, 5.41) is 24.4. The summed E-state index contributed by atoms with van der Waals surface area (Å²) in [6.07, 6.45) is 17.2. The lowest BCUT2D eigenvalue weighted by molar-refractivity contribution is -0.180. The van der Waals surface area contributed by atoms with Crippen molar-refractivity contribution >= 4 is 17.4 Å². The third-order valence-corrected chi connectivity index (χ3v) is 11.8. The van der Waals surface area contributed by atoms with Gasteiger partial charge in [-0.2, -0.15) is 0 Å². The molecule has 1 aromatic heterocycles. The number of nitrogens with one attached hydrogen (secondary N) is 1. The second-order valence-corrected chi connectivity index (χ2v) is 15.1. The van der Waals surface area contributed by atoms with E-state index in [0.29, 0.717) is 43.8 Å². The van der Waals surface area contributed by atoms with Crippen molar-refractivity contribution in [2.24, 2.45) is 0 Å². The molecule has 280 valence electrons. The van der Waals surface area contributed by atoms with E-state index in [-0.39, 0.29) is 24.0 Å². The van der Waals surface area contributed by atoms with Gasteiger partial charge in [0.2, 0.25) is 0 Å². The molecule has 2 unspecified atom stereocenters. The summed E-state index contributed by atoms with van der Waals surface area (Å²) in [7, 11) is 0. The lowest BCUT2D eigenvalue weighted by atomic mass is 9.52. The van der Waals surface area contributed by atoms with Crippen molar-refractivity contribution in [1.82, 2.24) is 19.9 Å². The van der Waals surface area contributed by atoms with Crippen LogP contribution in [0.3, 0.4) is 0 Å². The monoisotopic (exact) mass is 711 g/mol. The molecule has 2 fully saturated rings. The summed E-state index contributed by atoms with van der Waals surface area (Å²) >= 11 is 0. The molecule has 0 bridgehead atoms. The Hall–Kier alpha value is -4.02. The molecule has 1 saturated heterocycles. The number of likely N-dealkylation sites (tertiary alicyclic amines) is 1. The Kier molecular flexibility index (Phi) is 12.2. The van der Waals surface area contributed by atoms with Crippen LogP contribution in [0, 0.1) is 6.92 Å². The number of hydrogen-bond donors (Lipinski definition) is 2. The molecular formula is C42H57N5O5. The summed E-state index contributed by atoms with van der Waals surface area (Å²) in [4.78, 5) is 29.1. The van der Waals surface area contributed by atoms with Gasteiger partial charge < -0.3 is 19.9 Å². The van der Waals surface area contributed by atoms with Crippen LogP contribution in [-0.4, -0.2) is 67.6 Å². The number of anilines is 1. The van der Waals surface area contributed by atoms with Crippen LogP contribution in [0.2, 0.25) is 0 Å². The number of carbonyl (C=O) groups excluding carboxylic acids is 2. The van der Waals surface area contributed by atoms with Crippen LogP contribution in [-0.2, 0) is 23.3 Å². The molecule has 6 rings (SSSR count). The van der Waals surface area contributed by atoms with E-state index in [1.165, 1.54) is 57.8 Å². The first-order chi connectivity index (χ1) is 25.2. The molecule has 4 atom stereocenters. The number of benzene rings is 2. The summed E-state index contributed by atoms with van der Waals surface area (Å²) in [6.45, 7) is 12.9. The zero-order valence-electron chi connectivity index (χ0n) is 31.4. The highest BCUT2D eigenvalue weighted by Gasteiger charge is 2.70. The molecule has 10 nitrogen and oxygen atoms in total. The molecule has 2 aliphatic heterocycles. The first-order valence-corrected chi connectivity index (χ1v) is 19.6. The highest BCUT2D eigenvalue weighted by atomic mass is 16.6. The van der Waals surface area contributed by atoms with Gasteiger partial charge in [0.25, 0.3) is 0 Å². The van der Waals surface area contributed by atoms with Gasteiger partial charge in [-0.3, -0.25) is 14.4 Å². The first-order valence-electron chi connectivity index (χ1n) is 19.6. The van der Waals surface area contributed by atoms with Gasteiger partial charge in [-0.25, -0.2) is 4.79 Å². The molecule has 3 aromatic rings. The van der Waals surface area contributed by atoms with Crippen molar-refractivity contribution in [2.75, 3.05) is 18.4 Å². The van der Waals surface area contributed by atoms with Crippen molar-refractivity contribution in [3.8, 4) is 11.5 Å². The highest BCUT2D eigenvalue weighted by molar-refractivity contribution is 5.93. The fourth-order valence-corrected chi connectivity index (χ4v) is 8.87. The average molecular weight is 712 g/mol. The number of esters is 1. The van der Waals surface area contributed by atoms with Gasteiger partial charge in [-0.05, 0) is 75.5 Å². The van der Waals surface area contributed by atoms with Crippen LogP contribution in [0.25, 0.3) is 0 Å². The summed E-state index contributed by atoms with van der Waals surface area (Å²) in [6, 6.07) is 10.5. The van der Waals surface area contributed by atoms with Crippen molar-refractivity contribution in [3.05, 3.63) is 77.6 Å². The molecule has 1 aliphatic carbocycles. The molecule has 0 radical (unpaired) electrons. The van der Waals surface area contributed by atoms with Gasteiger partial charge >= 0.3 is 5.97 Å². The lowest BCUT2D eigenvalue weighted by Crippen LogP contribution is -2.73. The van der Waals surface area contributed by atoms with Crippen LogP contribution in [0.1, 0.15) is 124 Å². The predicted octanol–water partition coefficient (Wildman–Crippen LogP) is 7.71. The maximum Gasteiger partial charge on any atom is 0.343 e. The normalized spacial score (nSPS) is 23.7. The Morgan fingerprint density at radius 1 is 1.06 bits per heavy atom. The van der Waals surface area contributed by atoms with E-state index in [1.54, 1.807) is 18.2 Å². The summed E-state index contributed by atoms with van der Waals surface area (Å²) in [5.74, 6) is 0.0885. The second kappa shape index (κ2) is 16.8. The molecule has 2 N–H and O–H groups in total. The highest BCUT2D eigenvalue weighted by Crippen LogP contribution is 2.62. The minimum Gasteiger partial charge on any atom is -0.477 e. The maximum absolute atomic E-state index is 13.4. The quantitative estimate of drug-likeness (QED) is 0.0592. The largest absolute Gasteiger partial charge is 0.477 e. The van der Waals surface area contributed by atoms with Crippen molar-refractivity contribution in [3.63, 3.8) is 0 Å². The molecule has 2 aromatic carbocycles.